The second-order valence-corrected chi connectivity index (χ2v) is 10.2. The number of hydrogen-bond donors (Lipinski definition) is 1. The predicted octanol–water partition coefficient (Wildman–Crippen LogP) is 4.04. The zero-order valence-corrected chi connectivity index (χ0v) is 17.7. The van der Waals surface area contributed by atoms with Crippen molar-refractivity contribution in [3.05, 3.63) is 54.6 Å². The summed E-state index contributed by atoms with van der Waals surface area (Å²) >= 11 is 1.59. The van der Waals surface area contributed by atoms with Crippen molar-refractivity contribution in [3.8, 4) is 11.5 Å². The van der Waals surface area contributed by atoms with Crippen LogP contribution in [-0.4, -0.2) is 35.5 Å². The number of thioether (sulfide) groups is 1. The zero-order chi connectivity index (χ0) is 20.9. The number of carbonyl (C=O) groups excluding carboxylic acids is 1. The van der Waals surface area contributed by atoms with Crippen LogP contribution in [0, 0.1) is 0 Å². The number of benzene rings is 2. The molecule has 0 fully saturated rings. The lowest BCUT2D eigenvalue weighted by Gasteiger charge is -2.07. The molecule has 1 heterocycles. The highest BCUT2D eigenvalue weighted by Crippen LogP contribution is 2.24. The fraction of sp³-hybridized carbons (Fsp3) is 0.250. The summed E-state index contributed by atoms with van der Waals surface area (Å²) in [4.78, 5) is 13.4. The van der Waals surface area contributed by atoms with E-state index in [1.807, 2.05) is 30.3 Å². The standard InChI is InChI=1S/C20H21N3O4S2/c1-14(2)29(25,26)17-10-8-15(9-11-17)19-22-23-20(27-19)21-18(24)12-13-28-16-6-4-3-5-7-16/h3-11,14H,12-13H2,1-2H3,(H,21,23,24). The van der Waals surface area contributed by atoms with Crippen molar-refractivity contribution in [2.75, 3.05) is 11.1 Å². The van der Waals surface area contributed by atoms with Crippen LogP contribution in [0.15, 0.2) is 68.8 Å². The average Bonchev–Trinajstić information content (AvgIpc) is 3.17. The molecule has 1 N–H and O–H groups in total. The van der Waals surface area contributed by atoms with E-state index in [9.17, 15) is 13.2 Å². The monoisotopic (exact) mass is 431 g/mol. The lowest BCUT2D eigenvalue weighted by atomic mass is 10.2. The third-order valence-electron chi connectivity index (χ3n) is 4.06. The largest absolute Gasteiger partial charge is 0.403 e. The van der Waals surface area contributed by atoms with Gasteiger partial charge in [0.1, 0.15) is 0 Å². The van der Waals surface area contributed by atoms with Crippen LogP contribution in [0.25, 0.3) is 11.5 Å². The molecule has 0 aliphatic heterocycles. The van der Waals surface area contributed by atoms with Crippen LogP contribution in [0.5, 0.6) is 0 Å². The number of carbonyl (C=O) groups is 1. The van der Waals surface area contributed by atoms with E-state index in [4.69, 9.17) is 4.42 Å². The van der Waals surface area contributed by atoms with Gasteiger partial charge in [0.2, 0.25) is 11.8 Å². The molecular weight excluding hydrogens is 410 g/mol. The Kier molecular flexibility index (Phi) is 6.71. The van der Waals surface area contributed by atoms with Crippen LogP contribution in [0.3, 0.4) is 0 Å². The van der Waals surface area contributed by atoms with E-state index in [1.165, 1.54) is 12.1 Å². The van der Waals surface area contributed by atoms with Gasteiger partial charge in [-0.25, -0.2) is 8.42 Å². The van der Waals surface area contributed by atoms with E-state index in [0.717, 1.165) is 4.90 Å². The molecule has 152 valence electrons. The van der Waals surface area contributed by atoms with Gasteiger partial charge in [-0.2, -0.15) is 0 Å². The zero-order valence-electron chi connectivity index (χ0n) is 16.0. The van der Waals surface area contributed by atoms with Gasteiger partial charge >= 0.3 is 6.01 Å². The second-order valence-electron chi connectivity index (χ2n) is 6.49. The third kappa shape index (κ3) is 5.45. The van der Waals surface area contributed by atoms with Gasteiger partial charge in [-0.1, -0.05) is 23.3 Å². The number of nitrogens with one attached hydrogen (secondary N) is 1. The topological polar surface area (TPSA) is 102 Å². The molecular formula is C20H21N3O4S2. The van der Waals surface area contributed by atoms with E-state index in [2.05, 4.69) is 15.5 Å². The highest BCUT2D eigenvalue weighted by atomic mass is 32.2. The fourth-order valence-electron chi connectivity index (χ4n) is 2.41. The van der Waals surface area contributed by atoms with Crippen molar-refractivity contribution in [1.29, 1.82) is 0 Å². The quantitative estimate of drug-likeness (QED) is 0.537. The van der Waals surface area contributed by atoms with Crippen molar-refractivity contribution in [2.24, 2.45) is 0 Å². The number of anilines is 1. The molecule has 29 heavy (non-hydrogen) atoms. The smallest absolute Gasteiger partial charge is 0.322 e. The molecule has 1 amide bonds. The van der Waals surface area contributed by atoms with Crippen molar-refractivity contribution >= 4 is 33.5 Å². The Bertz CT molecular complexity index is 1060. The summed E-state index contributed by atoms with van der Waals surface area (Å²) in [5, 5.41) is 9.81. The summed E-state index contributed by atoms with van der Waals surface area (Å²) in [7, 11) is -3.34. The van der Waals surface area contributed by atoms with E-state index in [-0.39, 0.29) is 22.7 Å². The number of hydrogen-bond acceptors (Lipinski definition) is 7. The van der Waals surface area contributed by atoms with Gasteiger partial charge < -0.3 is 4.42 Å². The molecule has 2 aromatic carbocycles. The summed E-state index contributed by atoms with van der Waals surface area (Å²) in [6, 6.07) is 16.1. The molecule has 0 saturated heterocycles. The van der Waals surface area contributed by atoms with Gasteiger partial charge in [0, 0.05) is 22.6 Å². The minimum atomic E-state index is -3.34. The molecule has 0 spiro atoms. The molecule has 0 atom stereocenters. The highest BCUT2D eigenvalue weighted by Gasteiger charge is 2.19. The molecule has 0 radical (unpaired) electrons. The maximum absolute atomic E-state index is 12.2. The molecule has 3 aromatic rings. The van der Waals surface area contributed by atoms with Crippen LogP contribution in [-0.2, 0) is 14.6 Å². The Morgan fingerprint density at radius 1 is 1.07 bits per heavy atom. The van der Waals surface area contributed by atoms with Gasteiger partial charge in [0.15, 0.2) is 9.84 Å². The Morgan fingerprint density at radius 3 is 2.41 bits per heavy atom. The van der Waals surface area contributed by atoms with Crippen molar-refractivity contribution in [1.82, 2.24) is 10.2 Å². The maximum atomic E-state index is 12.2. The maximum Gasteiger partial charge on any atom is 0.322 e. The minimum absolute atomic E-state index is 0.00795. The van der Waals surface area contributed by atoms with E-state index in [0.29, 0.717) is 17.7 Å². The lowest BCUT2D eigenvalue weighted by Crippen LogP contribution is -2.13. The van der Waals surface area contributed by atoms with Gasteiger partial charge in [-0.3, -0.25) is 10.1 Å². The van der Waals surface area contributed by atoms with Gasteiger partial charge in [-0.05, 0) is 50.2 Å². The summed E-state index contributed by atoms with van der Waals surface area (Å²) < 4.78 is 29.8. The van der Waals surface area contributed by atoms with Crippen molar-refractivity contribution in [3.63, 3.8) is 0 Å². The number of sulfone groups is 1. The Hall–Kier alpha value is -2.65. The Balaban J connectivity index is 1.57. The minimum Gasteiger partial charge on any atom is -0.403 e. The summed E-state index contributed by atoms with van der Waals surface area (Å²) in [6.45, 7) is 3.27. The summed E-state index contributed by atoms with van der Waals surface area (Å²) in [5.41, 5.74) is 0.570. The predicted molar refractivity (Wildman–Crippen MR) is 112 cm³/mol. The number of aromatic nitrogens is 2. The van der Waals surface area contributed by atoms with Crippen molar-refractivity contribution < 1.29 is 17.6 Å². The summed E-state index contributed by atoms with van der Waals surface area (Å²) in [5.74, 6) is 0.609. The van der Waals surface area contributed by atoms with E-state index in [1.54, 1.807) is 37.7 Å². The third-order valence-corrected chi connectivity index (χ3v) is 7.25. The fourth-order valence-corrected chi connectivity index (χ4v) is 4.34. The normalized spacial score (nSPS) is 11.6. The van der Waals surface area contributed by atoms with E-state index < -0.39 is 15.1 Å². The van der Waals surface area contributed by atoms with E-state index >= 15 is 0 Å². The molecule has 0 saturated carbocycles. The second kappa shape index (κ2) is 9.23. The molecule has 9 heteroatoms. The molecule has 1 aromatic heterocycles. The SMILES string of the molecule is CC(C)S(=O)(=O)c1ccc(-c2nnc(NC(=O)CCSc3ccccc3)o2)cc1. The van der Waals surface area contributed by atoms with Gasteiger partial charge in [0.05, 0.1) is 10.1 Å². The molecule has 0 unspecified atom stereocenters. The molecule has 0 bridgehead atoms. The first-order chi connectivity index (χ1) is 13.9. The van der Waals surface area contributed by atoms with Crippen LogP contribution < -0.4 is 5.32 Å². The number of rotatable bonds is 8. The first-order valence-electron chi connectivity index (χ1n) is 9.02. The van der Waals surface area contributed by atoms with Crippen molar-refractivity contribution in [2.45, 2.75) is 35.3 Å². The van der Waals surface area contributed by atoms with Gasteiger partial charge in [0.25, 0.3) is 0 Å². The van der Waals surface area contributed by atoms with Gasteiger partial charge in [-0.15, -0.1) is 16.9 Å². The lowest BCUT2D eigenvalue weighted by molar-refractivity contribution is -0.115. The van der Waals surface area contributed by atoms with Crippen LogP contribution in [0.4, 0.5) is 6.01 Å². The summed E-state index contributed by atoms with van der Waals surface area (Å²) in [6.07, 6.45) is 0.305. The first-order valence-corrected chi connectivity index (χ1v) is 11.5. The molecule has 3 rings (SSSR count). The Labute approximate surface area is 173 Å². The molecule has 0 aliphatic rings. The average molecular weight is 432 g/mol. The number of nitrogens with zero attached hydrogens (tertiary/aromatic N) is 2. The Morgan fingerprint density at radius 2 is 1.76 bits per heavy atom. The van der Waals surface area contributed by atoms with Crippen LogP contribution >= 0.6 is 11.8 Å². The first kappa shape index (κ1) is 21.1. The molecule has 0 aliphatic carbocycles. The van der Waals surface area contributed by atoms with Crippen LogP contribution in [0.1, 0.15) is 20.3 Å². The van der Waals surface area contributed by atoms with Crippen LogP contribution in [0.2, 0.25) is 0 Å². The number of amides is 1. The highest BCUT2D eigenvalue weighted by molar-refractivity contribution is 7.99. The molecule has 7 nitrogen and oxygen atoms in total.